The zero-order valence-corrected chi connectivity index (χ0v) is 11.6. The Morgan fingerprint density at radius 2 is 1.83 bits per heavy atom. The molecule has 0 amide bonds. The minimum Gasteiger partial charge on any atom is -0.481 e. The van der Waals surface area contributed by atoms with Gasteiger partial charge in [-0.15, -0.1) is 0 Å². The van der Waals surface area contributed by atoms with Crippen LogP contribution in [0.5, 0.6) is 0 Å². The molecule has 1 aliphatic carbocycles. The Kier molecular flexibility index (Phi) is 4.08. The summed E-state index contributed by atoms with van der Waals surface area (Å²) in [4.78, 5) is 11.1. The highest BCUT2D eigenvalue weighted by molar-refractivity contribution is 7.90. The highest BCUT2D eigenvalue weighted by Gasteiger charge is 2.44. The molecule has 1 N–H and O–H groups in total. The number of rotatable bonds is 3. The second-order valence-electron chi connectivity index (χ2n) is 4.71. The maximum atomic E-state index is 12.4. The Bertz CT molecular complexity index is 451. The highest BCUT2D eigenvalue weighted by atomic mass is 32.2. The van der Waals surface area contributed by atoms with Crippen LogP contribution in [-0.4, -0.2) is 57.9 Å². The highest BCUT2D eigenvalue weighted by Crippen LogP contribution is 2.33. The van der Waals surface area contributed by atoms with E-state index >= 15 is 0 Å². The van der Waals surface area contributed by atoms with Crippen LogP contribution in [0.25, 0.3) is 0 Å². The molecule has 0 spiro atoms. The first-order valence-electron chi connectivity index (χ1n) is 5.99. The molecular formula is C10H17NO5S2. The molecule has 0 aromatic rings. The predicted octanol–water partition coefficient (Wildman–Crippen LogP) is -0.366. The number of carboxylic acids is 1. The van der Waals surface area contributed by atoms with Crippen LogP contribution in [0, 0.1) is 5.92 Å². The molecule has 8 heteroatoms. The lowest BCUT2D eigenvalue weighted by Crippen LogP contribution is -2.47. The van der Waals surface area contributed by atoms with Gasteiger partial charge in [-0.05, 0) is 12.8 Å². The summed E-state index contributed by atoms with van der Waals surface area (Å²) in [6.07, 6.45) is 1.48. The lowest BCUT2D eigenvalue weighted by atomic mass is 10.1. The van der Waals surface area contributed by atoms with Gasteiger partial charge < -0.3 is 5.11 Å². The molecule has 104 valence electrons. The van der Waals surface area contributed by atoms with Crippen LogP contribution >= 0.6 is 0 Å². The molecule has 1 saturated carbocycles. The van der Waals surface area contributed by atoms with E-state index < -0.39 is 38.0 Å². The summed E-state index contributed by atoms with van der Waals surface area (Å²) >= 11 is 0. The molecule has 0 aromatic heterocycles. The van der Waals surface area contributed by atoms with Crippen LogP contribution in [0.2, 0.25) is 0 Å². The average Bonchev–Trinajstić information content (AvgIpc) is 2.79. The molecule has 1 saturated heterocycles. The fraction of sp³-hybridized carbons (Fsp3) is 0.900. The second-order valence-corrected chi connectivity index (χ2v) is 8.55. The molecule has 2 rings (SSSR count). The van der Waals surface area contributed by atoms with Crippen LogP contribution in [-0.2, 0) is 25.6 Å². The number of carbonyl (C=O) groups is 1. The van der Waals surface area contributed by atoms with Crippen molar-refractivity contribution in [2.24, 2.45) is 5.92 Å². The second kappa shape index (κ2) is 5.26. The molecule has 18 heavy (non-hydrogen) atoms. The summed E-state index contributed by atoms with van der Waals surface area (Å²) in [6.45, 7) is 0.496. The number of aliphatic carboxylic acids is 1. The summed E-state index contributed by atoms with van der Waals surface area (Å²) in [5.74, 6) is -1.11. The topological polar surface area (TPSA) is 91.8 Å². The molecule has 0 aromatic carbocycles. The monoisotopic (exact) mass is 295 g/mol. The Balaban J connectivity index is 2.15. The van der Waals surface area contributed by atoms with E-state index in [-0.39, 0.29) is 13.1 Å². The SMILES string of the molecule is O=C(O)C1CCCC1S(=O)(=O)N1CCS(=O)CC1. The number of nitrogens with zero attached hydrogens (tertiary/aromatic N) is 1. The lowest BCUT2D eigenvalue weighted by Gasteiger charge is -2.29. The third-order valence-electron chi connectivity index (χ3n) is 3.65. The standard InChI is InChI=1S/C10H17NO5S2/c12-10(13)8-2-1-3-9(8)18(15,16)11-4-6-17(14)7-5-11/h8-9H,1-7H2,(H,12,13). The van der Waals surface area contributed by atoms with E-state index in [0.29, 0.717) is 30.8 Å². The average molecular weight is 295 g/mol. The Morgan fingerprint density at radius 3 is 2.39 bits per heavy atom. The maximum Gasteiger partial charge on any atom is 0.307 e. The van der Waals surface area contributed by atoms with Gasteiger partial charge >= 0.3 is 5.97 Å². The molecule has 2 aliphatic rings. The van der Waals surface area contributed by atoms with Crippen molar-refractivity contribution in [2.45, 2.75) is 24.5 Å². The molecule has 6 nitrogen and oxygen atoms in total. The Hall–Kier alpha value is -0.470. The quantitative estimate of drug-likeness (QED) is 0.767. The van der Waals surface area contributed by atoms with Crippen LogP contribution in [0.1, 0.15) is 19.3 Å². The minimum atomic E-state index is -3.56. The van der Waals surface area contributed by atoms with Gasteiger partial charge in [0.1, 0.15) is 0 Å². The third kappa shape index (κ3) is 2.60. The van der Waals surface area contributed by atoms with E-state index in [0.717, 1.165) is 0 Å². The molecule has 0 bridgehead atoms. The van der Waals surface area contributed by atoms with Crippen molar-refractivity contribution >= 4 is 26.8 Å². The maximum absolute atomic E-state index is 12.4. The molecular weight excluding hydrogens is 278 g/mol. The van der Waals surface area contributed by atoms with Crippen LogP contribution in [0.15, 0.2) is 0 Å². The third-order valence-corrected chi connectivity index (χ3v) is 7.34. The summed E-state index contributed by atoms with van der Waals surface area (Å²) in [6, 6.07) is 0. The van der Waals surface area contributed by atoms with Crippen molar-refractivity contribution in [3.8, 4) is 0 Å². The van der Waals surface area contributed by atoms with E-state index in [1.807, 2.05) is 0 Å². The van der Waals surface area contributed by atoms with E-state index in [9.17, 15) is 17.4 Å². The van der Waals surface area contributed by atoms with Gasteiger partial charge in [0.15, 0.2) is 0 Å². The van der Waals surface area contributed by atoms with Gasteiger partial charge in [-0.3, -0.25) is 9.00 Å². The van der Waals surface area contributed by atoms with E-state index in [4.69, 9.17) is 5.11 Å². The van der Waals surface area contributed by atoms with Crippen molar-refractivity contribution in [3.05, 3.63) is 0 Å². The number of sulfonamides is 1. The van der Waals surface area contributed by atoms with Gasteiger partial charge in [-0.1, -0.05) is 6.42 Å². The van der Waals surface area contributed by atoms with Crippen LogP contribution in [0.3, 0.4) is 0 Å². The number of hydrogen-bond donors (Lipinski definition) is 1. The molecule has 0 radical (unpaired) electrons. The van der Waals surface area contributed by atoms with Gasteiger partial charge in [0.05, 0.1) is 11.2 Å². The first-order chi connectivity index (χ1) is 8.43. The van der Waals surface area contributed by atoms with Crippen molar-refractivity contribution in [1.82, 2.24) is 4.31 Å². The predicted molar refractivity (Wildman–Crippen MR) is 67.1 cm³/mol. The van der Waals surface area contributed by atoms with Crippen LogP contribution in [0.4, 0.5) is 0 Å². The normalized spacial score (nSPS) is 31.6. The Labute approximate surface area is 109 Å². The lowest BCUT2D eigenvalue weighted by molar-refractivity contribution is -0.141. The fourth-order valence-electron chi connectivity index (χ4n) is 2.63. The molecule has 2 atom stereocenters. The number of carboxylic acid groups (broad SMARTS) is 1. The van der Waals surface area contributed by atoms with E-state index in [1.165, 1.54) is 4.31 Å². The minimum absolute atomic E-state index is 0.248. The Morgan fingerprint density at radius 1 is 1.22 bits per heavy atom. The van der Waals surface area contributed by atoms with Crippen molar-refractivity contribution in [2.75, 3.05) is 24.6 Å². The molecule has 1 heterocycles. The summed E-state index contributed by atoms with van der Waals surface area (Å²) in [5, 5.41) is 8.25. The summed E-state index contributed by atoms with van der Waals surface area (Å²) in [5.41, 5.74) is 0. The summed E-state index contributed by atoms with van der Waals surface area (Å²) < 4.78 is 37.3. The van der Waals surface area contributed by atoms with Gasteiger partial charge in [0.2, 0.25) is 10.0 Å². The van der Waals surface area contributed by atoms with Gasteiger partial charge in [0, 0.05) is 35.4 Å². The van der Waals surface area contributed by atoms with Crippen molar-refractivity contribution < 1.29 is 22.5 Å². The molecule has 2 fully saturated rings. The first kappa shape index (κ1) is 14.0. The van der Waals surface area contributed by atoms with Crippen molar-refractivity contribution in [3.63, 3.8) is 0 Å². The van der Waals surface area contributed by atoms with E-state index in [2.05, 4.69) is 0 Å². The largest absolute Gasteiger partial charge is 0.481 e. The zero-order chi connectivity index (χ0) is 13.3. The smallest absolute Gasteiger partial charge is 0.307 e. The van der Waals surface area contributed by atoms with Crippen LogP contribution < -0.4 is 0 Å². The number of hydrogen-bond acceptors (Lipinski definition) is 4. The van der Waals surface area contributed by atoms with Gasteiger partial charge in [-0.25, -0.2) is 8.42 Å². The zero-order valence-electron chi connectivity index (χ0n) is 9.95. The van der Waals surface area contributed by atoms with Gasteiger partial charge in [0.25, 0.3) is 0 Å². The molecule has 2 unspecified atom stereocenters. The van der Waals surface area contributed by atoms with Crippen molar-refractivity contribution in [1.29, 1.82) is 0 Å². The summed E-state index contributed by atoms with van der Waals surface area (Å²) in [7, 11) is -4.50. The molecule has 1 aliphatic heterocycles. The van der Waals surface area contributed by atoms with Gasteiger partial charge in [-0.2, -0.15) is 4.31 Å². The fourth-order valence-corrected chi connectivity index (χ4v) is 6.12. The van der Waals surface area contributed by atoms with E-state index in [1.54, 1.807) is 0 Å². The first-order valence-corrected chi connectivity index (χ1v) is 8.99.